The normalized spacial score (nSPS) is 13.2. The zero-order valence-corrected chi connectivity index (χ0v) is 12.7. The third kappa shape index (κ3) is 4.94. The lowest BCUT2D eigenvalue weighted by atomic mass is 9.99. The van der Waals surface area contributed by atoms with Gasteiger partial charge in [-0.1, -0.05) is 38.1 Å². The van der Waals surface area contributed by atoms with E-state index in [1.54, 1.807) is 7.11 Å². The Morgan fingerprint density at radius 3 is 2.47 bits per heavy atom. The van der Waals surface area contributed by atoms with E-state index in [0.717, 1.165) is 19.7 Å². The predicted octanol–water partition coefficient (Wildman–Crippen LogP) is 2.60. The second-order valence-corrected chi connectivity index (χ2v) is 5.49. The molecule has 1 aromatic rings. The lowest BCUT2D eigenvalue weighted by Crippen LogP contribution is -2.38. The quantitative estimate of drug-likeness (QED) is 0.784. The fraction of sp³-hybridized carbons (Fsp3) is 0.625. The van der Waals surface area contributed by atoms with Gasteiger partial charge in [-0.3, -0.25) is 4.90 Å². The highest BCUT2D eigenvalue weighted by molar-refractivity contribution is 5.29. The molecule has 2 N–H and O–H groups in total. The van der Waals surface area contributed by atoms with Gasteiger partial charge >= 0.3 is 0 Å². The van der Waals surface area contributed by atoms with Crippen LogP contribution >= 0.6 is 0 Å². The van der Waals surface area contributed by atoms with Gasteiger partial charge in [-0.05, 0) is 24.0 Å². The standard InChI is InChI=1S/C16H28N2O/c1-13(2)12-18(9-10-19-4)16(11-17)15-8-6-5-7-14(15)3/h5-8,13,16H,9-12,17H2,1-4H3. The zero-order chi connectivity index (χ0) is 14.3. The van der Waals surface area contributed by atoms with Gasteiger partial charge in [0.2, 0.25) is 0 Å². The van der Waals surface area contributed by atoms with Crippen LogP contribution in [0.25, 0.3) is 0 Å². The monoisotopic (exact) mass is 264 g/mol. The molecule has 0 heterocycles. The van der Waals surface area contributed by atoms with Crippen molar-refractivity contribution in [2.75, 3.05) is 33.4 Å². The Hall–Kier alpha value is -0.900. The SMILES string of the molecule is COCCN(CC(C)C)C(CN)c1ccccc1C. The fourth-order valence-electron chi connectivity index (χ4n) is 2.49. The van der Waals surface area contributed by atoms with Crippen LogP contribution in [0.15, 0.2) is 24.3 Å². The molecule has 0 aliphatic rings. The van der Waals surface area contributed by atoms with Gasteiger partial charge in [0.05, 0.1) is 6.61 Å². The molecule has 0 radical (unpaired) electrons. The van der Waals surface area contributed by atoms with Crippen LogP contribution in [0, 0.1) is 12.8 Å². The molecule has 3 nitrogen and oxygen atoms in total. The van der Waals surface area contributed by atoms with Crippen molar-refractivity contribution in [2.45, 2.75) is 26.8 Å². The second-order valence-electron chi connectivity index (χ2n) is 5.49. The molecule has 1 aromatic carbocycles. The molecule has 1 unspecified atom stereocenters. The first-order chi connectivity index (χ1) is 9.10. The lowest BCUT2D eigenvalue weighted by Gasteiger charge is -2.33. The van der Waals surface area contributed by atoms with Gasteiger partial charge in [-0.25, -0.2) is 0 Å². The molecule has 1 rings (SSSR count). The van der Waals surface area contributed by atoms with E-state index in [4.69, 9.17) is 10.5 Å². The summed E-state index contributed by atoms with van der Waals surface area (Å²) in [5.74, 6) is 0.620. The average molecular weight is 264 g/mol. The van der Waals surface area contributed by atoms with Crippen molar-refractivity contribution in [3.05, 3.63) is 35.4 Å². The van der Waals surface area contributed by atoms with Crippen molar-refractivity contribution in [1.82, 2.24) is 4.90 Å². The number of hydrogen-bond acceptors (Lipinski definition) is 3. The molecule has 0 aliphatic carbocycles. The molecule has 19 heavy (non-hydrogen) atoms. The molecule has 3 heteroatoms. The third-order valence-electron chi connectivity index (χ3n) is 3.39. The molecule has 0 spiro atoms. The molecule has 1 atom stereocenters. The smallest absolute Gasteiger partial charge is 0.0589 e. The van der Waals surface area contributed by atoms with Crippen LogP contribution in [-0.4, -0.2) is 38.3 Å². The maximum Gasteiger partial charge on any atom is 0.0589 e. The van der Waals surface area contributed by atoms with E-state index >= 15 is 0 Å². The summed E-state index contributed by atoms with van der Waals surface area (Å²) in [6.45, 7) is 9.99. The Morgan fingerprint density at radius 1 is 1.26 bits per heavy atom. The number of methoxy groups -OCH3 is 1. The molecule has 0 aliphatic heterocycles. The molecule has 0 saturated carbocycles. The first-order valence-electron chi connectivity index (χ1n) is 7.08. The third-order valence-corrected chi connectivity index (χ3v) is 3.39. The van der Waals surface area contributed by atoms with Crippen LogP contribution in [0.2, 0.25) is 0 Å². The van der Waals surface area contributed by atoms with Gasteiger partial charge in [0.25, 0.3) is 0 Å². The summed E-state index contributed by atoms with van der Waals surface area (Å²) < 4.78 is 5.23. The van der Waals surface area contributed by atoms with Crippen LogP contribution in [-0.2, 0) is 4.74 Å². The van der Waals surface area contributed by atoms with Crippen molar-refractivity contribution in [1.29, 1.82) is 0 Å². The molecule has 0 bridgehead atoms. The zero-order valence-electron chi connectivity index (χ0n) is 12.7. The summed E-state index contributed by atoms with van der Waals surface area (Å²) in [6.07, 6.45) is 0. The summed E-state index contributed by atoms with van der Waals surface area (Å²) in [7, 11) is 1.75. The number of hydrogen-bond donors (Lipinski definition) is 1. The largest absolute Gasteiger partial charge is 0.383 e. The highest BCUT2D eigenvalue weighted by atomic mass is 16.5. The Bertz CT molecular complexity index is 366. The molecule has 0 amide bonds. The predicted molar refractivity (Wildman–Crippen MR) is 81.3 cm³/mol. The van der Waals surface area contributed by atoms with Crippen molar-refractivity contribution in [3.63, 3.8) is 0 Å². The van der Waals surface area contributed by atoms with E-state index in [9.17, 15) is 0 Å². The fourth-order valence-corrected chi connectivity index (χ4v) is 2.49. The minimum Gasteiger partial charge on any atom is -0.383 e. The van der Waals surface area contributed by atoms with Crippen LogP contribution in [0.5, 0.6) is 0 Å². The Kier molecular flexibility index (Phi) is 7.06. The van der Waals surface area contributed by atoms with Gasteiger partial charge in [0, 0.05) is 32.8 Å². The van der Waals surface area contributed by atoms with E-state index < -0.39 is 0 Å². The van der Waals surface area contributed by atoms with Crippen LogP contribution in [0.3, 0.4) is 0 Å². The van der Waals surface area contributed by atoms with Gasteiger partial charge in [-0.15, -0.1) is 0 Å². The minimum absolute atomic E-state index is 0.277. The Labute approximate surface area is 117 Å². The lowest BCUT2D eigenvalue weighted by molar-refractivity contribution is 0.111. The number of aryl methyl sites for hydroxylation is 1. The van der Waals surface area contributed by atoms with Crippen molar-refractivity contribution in [2.24, 2.45) is 11.7 Å². The van der Waals surface area contributed by atoms with Crippen molar-refractivity contribution < 1.29 is 4.74 Å². The van der Waals surface area contributed by atoms with E-state index in [-0.39, 0.29) is 6.04 Å². The second kappa shape index (κ2) is 8.31. The Morgan fingerprint density at radius 2 is 1.95 bits per heavy atom. The molecule has 0 saturated heterocycles. The summed E-state index contributed by atoms with van der Waals surface area (Å²) in [6, 6.07) is 8.79. The number of rotatable bonds is 8. The van der Waals surface area contributed by atoms with E-state index in [2.05, 4.69) is 49.9 Å². The van der Waals surface area contributed by atoms with Crippen LogP contribution in [0.1, 0.15) is 31.0 Å². The van der Waals surface area contributed by atoms with Crippen LogP contribution in [0.4, 0.5) is 0 Å². The van der Waals surface area contributed by atoms with E-state index in [1.165, 1.54) is 11.1 Å². The van der Waals surface area contributed by atoms with Gasteiger partial charge < -0.3 is 10.5 Å². The molecular formula is C16H28N2O. The molecule has 0 fully saturated rings. The number of nitrogens with zero attached hydrogens (tertiary/aromatic N) is 1. The number of nitrogens with two attached hydrogens (primary N) is 1. The maximum atomic E-state index is 6.04. The summed E-state index contributed by atoms with van der Waals surface area (Å²) in [5, 5.41) is 0. The highest BCUT2D eigenvalue weighted by Crippen LogP contribution is 2.23. The van der Waals surface area contributed by atoms with Crippen molar-refractivity contribution >= 4 is 0 Å². The summed E-state index contributed by atoms with van der Waals surface area (Å²) in [4.78, 5) is 2.44. The number of ether oxygens (including phenoxy) is 1. The maximum absolute atomic E-state index is 6.04. The summed E-state index contributed by atoms with van der Waals surface area (Å²) >= 11 is 0. The number of benzene rings is 1. The Balaban J connectivity index is 2.91. The summed E-state index contributed by atoms with van der Waals surface area (Å²) in [5.41, 5.74) is 8.68. The first-order valence-corrected chi connectivity index (χ1v) is 7.08. The van der Waals surface area contributed by atoms with Gasteiger partial charge in [0.15, 0.2) is 0 Å². The van der Waals surface area contributed by atoms with E-state index in [0.29, 0.717) is 12.5 Å². The van der Waals surface area contributed by atoms with Crippen molar-refractivity contribution in [3.8, 4) is 0 Å². The van der Waals surface area contributed by atoms with Gasteiger partial charge in [0.1, 0.15) is 0 Å². The minimum atomic E-state index is 0.277. The molecule has 108 valence electrons. The first kappa shape index (κ1) is 16.2. The molecule has 0 aromatic heterocycles. The average Bonchev–Trinajstić information content (AvgIpc) is 2.38. The highest BCUT2D eigenvalue weighted by Gasteiger charge is 2.20. The topological polar surface area (TPSA) is 38.5 Å². The van der Waals surface area contributed by atoms with E-state index in [1.807, 2.05) is 0 Å². The molecular weight excluding hydrogens is 236 g/mol. The van der Waals surface area contributed by atoms with Gasteiger partial charge in [-0.2, -0.15) is 0 Å². The van der Waals surface area contributed by atoms with Crippen LogP contribution < -0.4 is 5.73 Å².